The van der Waals surface area contributed by atoms with Gasteiger partial charge in [-0.1, -0.05) is 0 Å². The first-order valence-corrected chi connectivity index (χ1v) is 5.42. The molecule has 0 nitrogen and oxygen atoms in total. The predicted molar refractivity (Wildman–Crippen MR) is 56.7 cm³/mol. The molecule has 14 heavy (non-hydrogen) atoms. The number of hydrogen-bond donors (Lipinski definition) is 0. The Hall–Kier alpha value is -0.422. The summed E-state index contributed by atoms with van der Waals surface area (Å²) in [6.07, 6.45) is 0. The van der Waals surface area contributed by atoms with Crippen molar-refractivity contribution in [2.75, 3.05) is 0 Å². The third-order valence-electron chi connectivity index (χ3n) is 1.43. The van der Waals surface area contributed by atoms with Crippen LogP contribution in [0.1, 0.15) is 5.56 Å². The third-order valence-corrected chi connectivity index (χ3v) is 1.78. The molecule has 2 heteroatoms. The van der Waals surface area contributed by atoms with Gasteiger partial charge >= 0.3 is 79.3 Å². The molecule has 0 heterocycles. The van der Waals surface area contributed by atoms with Crippen molar-refractivity contribution in [2.45, 2.75) is 0 Å². The molecule has 0 atom stereocenters. The van der Waals surface area contributed by atoms with Gasteiger partial charge in [0.2, 0.25) is 0 Å². The summed E-state index contributed by atoms with van der Waals surface area (Å²) in [7, 11) is 0. The zero-order chi connectivity index (χ0) is 9.36. The fourth-order valence-electron chi connectivity index (χ4n) is 0.850. The molecule has 0 spiro atoms. The van der Waals surface area contributed by atoms with Gasteiger partial charge in [0.05, 0.1) is 0 Å². The minimum atomic E-state index is 0. The van der Waals surface area contributed by atoms with E-state index in [1.54, 1.807) is 0 Å². The maximum Gasteiger partial charge on any atom is -0.172 e. The Kier molecular flexibility index (Phi) is 8.87. The zero-order valence-electron chi connectivity index (χ0n) is 7.55. The SMILES string of the molecule is [Fe+2].[Sn][C]#C[c-]1cccc1.c1cc[cH-]c1. The topological polar surface area (TPSA) is 0 Å². The largest absolute Gasteiger partial charge is 0.214 e. The maximum absolute atomic E-state index is 2.98. The summed E-state index contributed by atoms with van der Waals surface area (Å²) in [5.74, 6) is 2.98. The van der Waals surface area contributed by atoms with Crippen LogP contribution in [0.15, 0.2) is 54.6 Å². The predicted octanol–water partition coefficient (Wildman–Crippen LogP) is 2.29. The average molecular weight is 328 g/mol. The van der Waals surface area contributed by atoms with E-state index in [2.05, 4.69) is 9.86 Å². The first-order chi connectivity index (χ1) is 6.43. The standard InChI is InChI=1S/C7H4.C5H5.Fe.Sn/c1-2-7-5-3-4-6-7;1-2-4-5-3-1;;/h3-6H;1-5H;;/q2*-1;+2;. The molecule has 69 valence electrons. The molecule has 0 unspecified atom stereocenters. The van der Waals surface area contributed by atoms with Crippen LogP contribution in [0.2, 0.25) is 0 Å². The molecule has 0 saturated carbocycles. The Morgan fingerprint density at radius 3 is 1.93 bits per heavy atom. The van der Waals surface area contributed by atoms with E-state index in [-0.39, 0.29) is 17.1 Å². The van der Waals surface area contributed by atoms with Gasteiger partial charge in [0.25, 0.3) is 0 Å². The molecule has 0 fully saturated rings. The summed E-state index contributed by atoms with van der Waals surface area (Å²) < 4.78 is 2.91. The van der Waals surface area contributed by atoms with Crippen LogP contribution in [0.5, 0.6) is 0 Å². The molecule has 0 amide bonds. The molecule has 2 rings (SSSR count). The molecule has 2 aromatic carbocycles. The smallest absolute Gasteiger partial charge is 0.172 e. The maximum atomic E-state index is 2.98. The van der Waals surface area contributed by atoms with Gasteiger partial charge < -0.3 is 0 Å². The van der Waals surface area contributed by atoms with Gasteiger partial charge in [-0.2, -0.15) is 18.2 Å². The molecule has 0 aliphatic rings. The molecule has 0 aliphatic heterocycles. The quantitative estimate of drug-likeness (QED) is 0.396. The van der Waals surface area contributed by atoms with E-state index in [0.29, 0.717) is 0 Å². The molecular formula is C12H9FeSn. The van der Waals surface area contributed by atoms with Crippen LogP contribution in [0, 0.1) is 9.86 Å². The fourth-order valence-corrected chi connectivity index (χ4v) is 1.26. The minimum Gasteiger partial charge on any atom is -0.214 e. The monoisotopic (exact) mass is 329 g/mol. The second-order valence-electron chi connectivity index (χ2n) is 2.39. The van der Waals surface area contributed by atoms with E-state index in [0.717, 1.165) is 5.56 Å². The van der Waals surface area contributed by atoms with Gasteiger partial charge in [-0.25, -0.2) is 12.1 Å². The van der Waals surface area contributed by atoms with E-state index in [4.69, 9.17) is 0 Å². The van der Waals surface area contributed by atoms with E-state index < -0.39 is 0 Å². The van der Waals surface area contributed by atoms with Crippen molar-refractivity contribution < 1.29 is 17.1 Å². The zero-order valence-corrected chi connectivity index (χ0v) is 11.5. The van der Waals surface area contributed by atoms with Crippen molar-refractivity contribution in [3.63, 3.8) is 0 Å². The van der Waals surface area contributed by atoms with Crippen LogP contribution in [0.25, 0.3) is 0 Å². The van der Waals surface area contributed by atoms with Gasteiger partial charge in [-0.05, 0) is 0 Å². The second-order valence-corrected chi connectivity index (χ2v) is 3.10. The molecule has 3 radical (unpaired) electrons. The van der Waals surface area contributed by atoms with Crippen molar-refractivity contribution >= 4 is 22.5 Å². The molecule has 0 N–H and O–H groups in total. The van der Waals surface area contributed by atoms with Gasteiger partial charge in [-0.3, -0.25) is 0 Å². The van der Waals surface area contributed by atoms with E-state index in [9.17, 15) is 0 Å². The molecule has 0 aromatic heterocycles. The second kappa shape index (κ2) is 9.15. The van der Waals surface area contributed by atoms with E-state index in [1.807, 2.05) is 54.6 Å². The molecular weight excluding hydrogens is 319 g/mol. The Balaban J connectivity index is 0.000000246. The van der Waals surface area contributed by atoms with Gasteiger partial charge in [0.1, 0.15) is 0 Å². The van der Waals surface area contributed by atoms with Crippen LogP contribution in [-0.4, -0.2) is 22.5 Å². The summed E-state index contributed by atoms with van der Waals surface area (Å²) in [6.45, 7) is 0. The minimum absolute atomic E-state index is 0. The number of hydrogen-bond acceptors (Lipinski definition) is 0. The third kappa shape index (κ3) is 6.10. The van der Waals surface area contributed by atoms with Crippen molar-refractivity contribution in [1.29, 1.82) is 0 Å². The van der Waals surface area contributed by atoms with Crippen molar-refractivity contribution in [2.24, 2.45) is 0 Å². The Labute approximate surface area is 109 Å². The number of rotatable bonds is 0. The summed E-state index contributed by atoms with van der Waals surface area (Å²) in [5.41, 5.74) is 1.13. The molecule has 0 saturated heterocycles. The molecule has 0 bridgehead atoms. The normalized spacial score (nSPS) is 7.21. The Morgan fingerprint density at radius 2 is 1.57 bits per heavy atom. The van der Waals surface area contributed by atoms with Crippen molar-refractivity contribution in [3.8, 4) is 9.86 Å². The van der Waals surface area contributed by atoms with Crippen molar-refractivity contribution in [1.82, 2.24) is 0 Å². The van der Waals surface area contributed by atoms with Crippen LogP contribution in [-0.2, 0) is 17.1 Å². The molecule has 2 aromatic rings. The Morgan fingerprint density at radius 1 is 1.00 bits per heavy atom. The summed E-state index contributed by atoms with van der Waals surface area (Å²) in [6, 6.07) is 18.0. The van der Waals surface area contributed by atoms with Crippen LogP contribution >= 0.6 is 0 Å². The van der Waals surface area contributed by atoms with Crippen molar-refractivity contribution in [3.05, 3.63) is 60.2 Å². The van der Waals surface area contributed by atoms with Gasteiger partial charge in [0, 0.05) is 0 Å². The van der Waals surface area contributed by atoms with Gasteiger partial charge in [-0.15, -0.1) is 0 Å². The fraction of sp³-hybridized carbons (Fsp3) is 0. The van der Waals surface area contributed by atoms with Crippen LogP contribution in [0.4, 0.5) is 0 Å². The Bertz CT molecular complexity index is 331. The van der Waals surface area contributed by atoms with Crippen LogP contribution < -0.4 is 0 Å². The first-order valence-electron chi connectivity index (χ1n) is 3.99. The van der Waals surface area contributed by atoms with E-state index in [1.165, 1.54) is 22.5 Å². The average Bonchev–Trinajstić information content (AvgIpc) is 2.79. The summed E-state index contributed by atoms with van der Waals surface area (Å²) >= 11 is 1.28. The van der Waals surface area contributed by atoms with Gasteiger partial charge in [0.15, 0.2) is 0 Å². The summed E-state index contributed by atoms with van der Waals surface area (Å²) in [4.78, 5) is 0. The molecule has 0 aliphatic carbocycles. The van der Waals surface area contributed by atoms with E-state index >= 15 is 0 Å². The summed E-state index contributed by atoms with van der Waals surface area (Å²) in [5, 5.41) is 0. The van der Waals surface area contributed by atoms with Crippen LogP contribution in [0.3, 0.4) is 0 Å². The first kappa shape index (κ1) is 13.6.